The van der Waals surface area contributed by atoms with Crippen molar-refractivity contribution in [1.29, 1.82) is 0 Å². The van der Waals surface area contributed by atoms with Gasteiger partial charge < -0.3 is 9.64 Å². The average molecular weight is 383 g/mol. The first-order valence-corrected chi connectivity index (χ1v) is 11.3. The van der Waals surface area contributed by atoms with Gasteiger partial charge in [-0.3, -0.25) is 9.69 Å². The topological polar surface area (TPSA) is 32.8 Å². The Bertz CT molecular complexity index is 671. The Morgan fingerprint density at radius 3 is 2.11 bits per heavy atom. The van der Waals surface area contributed by atoms with E-state index in [0.29, 0.717) is 12.5 Å². The summed E-state index contributed by atoms with van der Waals surface area (Å²) in [5, 5.41) is 0. The van der Waals surface area contributed by atoms with E-state index in [1.807, 2.05) is 12.1 Å². The predicted molar refractivity (Wildman–Crippen MR) is 110 cm³/mol. The Labute approximate surface area is 169 Å². The lowest BCUT2D eigenvalue weighted by molar-refractivity contribution is -0.159. The van der Waals surface area contributed by atoms with Crippen LogP contribution in [-0.2, 0) is 4.79 Å². The number of carbonyl (C=O) groups is 1. The normalized spacial score (nSPS) is 34.6. The van der Waals surface area contributed by atoms with E-state index < -0.39 is 0 Å². The van der Waals surface area contributed by atoms with E-state index in [-0.39, 0.29) is 5.41 Å². The van der Waals surface area contributed by atoms with Crippen LogP contribution in [0.15, 0.2) is 24.3 Å². The zero-order valence-electron chi connectivity index (χ0n) is 17.2. The Kier molecular flexibility index (Phi) is 4.86. The summed E-state index contributed by atoms with van der Waals surface area (Å²) in [6.45, 7) is 7.49. The predicted octanol–water partition coefficient (Wildman–Crippen LogP) is 3.73. The number of aryl methyl sites for hydroxylation is 1. The highest BCUT2D eigenvalue weighted by Crippen LogP contribution is 2.60. The second kappa shape index (κ2) is 7.37. The van der Waals surface area contributed by atoms with Gasteiger partial charge in [0, 0.05) is 32.7 Å². The summed E-state index contributed by atoms with van der Waals surface area (Å²) in [4.78, 5) is 18.1. The molecule has 1 aromatic rings. The van der Waals surface area contributed by atoms with Crippen molar-refractivity contribution in [3.8, 4) is 5.75 Å². The monoisotopic (exact) mass is 382 g/mol. The maximum absolute atomic E-state index is 13.5. The SMILES string of the molecule is Cc1ccc(OCCN2CCN(C(=O)C34CC5CC(CC(C5)C3)C4)CC2)cc1. The lowest BCUT2D eigenvalue weighted by Gasteiger charge is -2.57. The van der Waals surface area contributed by atoms with Gasteiger partial charge in [-0.1, -0.05) is 17.7 Å². The van der Waals surface area contributed by atoms with E-state index in [9.17, 15) is 4.79 Å². The molecule has 1 saturated heterocycles. The maximum Gasteiger partial charge on any atom is 0.228 e. The number of piperazine rings is 1. The lowest BCUT2D eigenvalue weighted by atomic mass is 9.49. The van der Waals surface area contributed by atoms with Crippen molar-refractivity contribution in [2.75, 3.05) is 39.3 Å². The van der Waals surface area contributed by atoms with E-state index in [1.54, 1.807) is 0 Å². The van der Waals surface area contributed by atoms with Crippen LogP contribution in [0, 0.1) is 30.1 Å². The van der Waals surface area contributed by atoms with E-state index in [0.717, 1.165) is 56.2 Å². The molecule has 5 fully saturated rings. The van der Waals surface area contributed by atoms with Crippen LogP contribution in [0.5, 0.6) is 5.75 Å². The molecule has 0 N–H and O–H groups in total. The van der Waals surface area contributed by atoms with E-state index in [4.69, 9.17) is 4.74 Å². The molecule has 1 aliphatic heterocycles. The summed E-state index contributed by atoms with van der Waals surface area (Å²) in [5.41, 5.74) is 1.28. The van der Waals surface area contributed by atoms with Crippen molar-refractivity contribution in [2.24, 2.45) is 23.2 Å². The maximum atomic E-state index is 13.5. The molecule has 0 aromatic heterocycles. The minimum atomic E-state index is 0.0193. The number of benzene rings is 1. The molecule has 4 saturated carbocycles. The number of hydrogen-bond donors (Lipinski definition) is 0. The van der Waals surface area contributed by atoms with Crippen molar-refractivity contribution in [2.45, 2.75) is 45.4 Å². The first-order chi connectivity index (χ1) is 13.6. The zero-order valence-corrected chi connectivity index (χ0v) is 17.2. The molecule has 4 aliphatic carbocycles. The van der Waals surface area contributed by atoms with Crippen LogP contribution >= 0.6 is 0 Å². The van der Waals surface area contributed by atoms with Gasteiger partial charge in [-0.2, -0.15) is 0 Å². The third-order valence-corrected chi connectivity index (χ3v) is 7.85. The van der Waals surface area contributed by atoms with Gasteiger partial charge in [0.05, 0.1) is 5.41 Å². The fraction of sp³-hybridized carbons (Fsp3) is 0.708. The Morgan fingerprint density at radius 2 is 1.54 bits per heavy atom. The summed E-state index contributed by atoms with van der Waals surface area (Å²) in [6.07, 6.45) is 7.76. The summed E-state index contributed by atoms with van der Waals surface area (Å²) in [6, 6.07) is 8.25. The van der Waals surface area contributed by atoms with Gasteiger partial charge in [0.25, 0.3) is 0 Å². The molecule has 4 heteroatoms. The Balaban J connectivity index is 1.10. The summed E-state index contributed by atoms with van der Waals surface area (Å²) < 4.78 is 5.88. The minimum Gasteiger partial charge on any atom is -0.492 e. The largest absolute Gasteiger partial charge is 0.492 e. The summed E-state index contributed by atoms with van der Waals surface area (Å²) in [5.74, 6) is 3.98. The molecule has 0 atom stereocenters. The fourth-order valence-corrected chi connectivity index (χ4v) is 6.81. The van der Waals surface area contributed by atoms with E-state index in [2.05, 4.69) is 28.9 Å². The van der Waals surface area contributed by atoms with Gasteiger partial charge in [-0.25, -0.2) is 0 Å². The van der Waals surface area contributed by atoms with Crippen LogP contribution in [0.25, 0.3) is 0 Å². The first-order valence-electron chi connectivity index (χ1n) is 11.3. The Morgan fingerprint density at radius 1 is 0.964 bits per heavy atom. The number of carbonyl (C=O) groups excluding carboxylic acids is 1. The smallest absolute Gasteiger partial charge is 0.228 e. The van der Waals surface area contributed by atoms with Crippen LogP contribution in [-0.4, -0.2) is 55.0 Å². The average Bonchev–Trinajstić information content (AvgIpc) is 2.68. The second-order valence-electron chi connectivity index (χ2n) is 9.99. The quantitative estimate of drug-likeness (QED) is 0.778. The van der Waals surface area contributed by atoms with Crippen LogP contribution in [0.1, 0.15) is 44.1 Å². The third kappa shape index (κ3) is 3.56. The Hall–Kier alpha value is -1.55. The molecule has 6 rings (SSSR count). The highest BCUT2D eigenvalue weighted by atomic mass is 16.5. The number of rotatable bonds is 5. The molecule has 5 aliphatic rings. The molecular formula is C24H34N2O2. The summed E-state index contributed by atoms with van der Waals surface area (Å²) >= 11 is 0. The highest BCUT2D eigenvalue weighted by Gasteiger charge is 2.55. The first kappa shape index (κ1) is 18.5. The molecule has 4 bridgehead atoms. The van der Waals surface area contributed by atoms with Crippen LogP contribution in [0.3, 0.4) is 0 Å². The van der Waals surface area contributed by atoms with Gasteiger partial charge in [-0.05, 0) is 75.3 Å². The number of ether oxygens (including phenoxy) is 1. The van der Waals surface area contributed by atoms with Crippen molar-refractivity contribution in [1.82, 2.24) is 9.80 Å². The van der Waals surface area contributed by atoms with Crippen molar-refractivity contribution in [3.63, 3.8) is 0 Å². The van der Waals surface area contributed by atoms with E-state index >= 15 is 0 Å². The molecule has 152 valence electrons. The standard InChI is InChI=1S/C24H34N2O2/c1-18-2-4-22(5-3-18)28-11-10-25-6-8-26(9-7-25)23(27)24-15-19-12-20(16-24)14-21(13-19)17-24/h2-5,19-21H,6-17H2,1H3. The minimum absolute atomic E-state index is 0.0193. The molecule has 1 aromatic carbocycles. The fourth-order valence-electron chi connectivity index (χ4n) is 6.81. The molecule has 1 amide bonds. The number of nitrogens with zero attached hydrogens (tertiary/aromatic N) is 2. The highest BCUT2D eigenvalue weighted by molar-refractivity contribution is 5.83. The third-order valence-electron chi connectivity index (χ3n) is 7.85. The molecule has 1 heterocycles. The molecule has 4 nitrogen and oxygen atoms in total. The zero-order chi connectivity index (χ0) is 19.1. The van der Waals surface area contributed by atoms with Gasteiger partial charge in [0.15, 0.2) is 0 Å². The van der Waals surface area contributed by atoms with Gasteiger partial charge in [-0.15, -0.1) is 0 Å². The van der Waals surface area contributed by atoms with Crippen LogP contribution < -0.4 is 4.74 Å². The van der Waals surface area contributed by atoms with Crippen molar-refractivity contribution >= 4 is 5.91 Å². The number of hydrogen-bond acceptors (Lipinski definition) is 3. The van der Waals surface area contributed by atoms with Crippen molar-refractivity contribution < 1.29 is 9.53 Å². The van der Waals surface area contributed by atoms with Gasteiger partial charge >= 0.3 is 0 Å². The second-order valence-corrected chi connectivity index (χ2v) is 9.99. The van der Waals surface area contributed by atoms with Crippen LogP contribution in [0.4, 0.5) is 0 Å². The van der Waals surface area contributed by atoms with Crippen LogP contribution in [0.2, 0.25) is 0 Å². The number of amides is 1. The molecule has 28 heavy (non-hydrogen) atoms. The summed E-state index contributed by atoms with van der Waals surface area (Å²) in [7, 11) is 0. The lowest BCUT2D eigenvalue weighted by Crippen LogP contribution is -2.58. The molecular weight excluding hydrogens is 348 g/mol. The molecule has 0 spiro atoms. The molecule has 0 radical (unpaired) electrons. The van der Waals surface area contributed by atoms with Crippen molar-refractivity contribution in [3.05, 3.63) is 29.8 Å². The molecule has 0 unspecified atom stereocenters. The van der Waals surface area contributed by atoms with Gasteiger partial charge in [0.1, 0.15) is 12.4 Å². The van der Waals surface area contributed by atoms with Gasteiger partial charge in [0.2, 0.25) is 5.91 Å². The van der Waals surface area contributed by atoms with E-state index in [1.165, 1.54) is 44.1 Å².